The second-order valence-corrected chi connectivity index (χ2v) is 8.24. The highest BCUT2D eigenvalue weighted by molar-refractivity contribution is 7.99. The average molecular weight is 426 g/mol. The van der Waals surface area contributed by atoms with Gasteiger partial charge in [0.05, 0.1) is 10.8 Å². The van der Waals surface area contributed by atoms with E-state index in [1.807, 2.05) is 23.1 Å². The molecule has 0 spiro atoms. The molecule has 4 rings (SSSR count). The van der Waals surface area contributed by atoms with E-state index >= 15 is 0 Å². The number of nitrogens with zero attached hydrogens (tertiary/aromatic N) is 4. The normalized spacial score (nSPS) is 19.1. The zero-order chi connectivity index (χ0) is 21.1. The zero-order valence-corrected chi connectivity index (χ0v) is 17.2. The summed E-state index contributed by atoms with van der Waals surface area (Å²) in [4.78, 5) is 42.0. The Labute approximate surface area is 178 Å². The Kier molecular flexibility index (Phi) is 5.89. The highest BCUT2D eigenvalue weighted by Gasteiger charge is 2.38. The molecule has 2 saturated heterocycles. The van der Waals surface area contributed by atoms with Crippen LogP contribution in [0.1, 0.15) is 10.4 Å². The molecular formula is C21H22N4O4S. The SMILES string of the molecule is O=C([C@@H]1CSCN1C(=O)c1ccccc1)N1CCN(c2ccc([N+](=O)[O-])cc2)CC1. The molecule has 0 aliphatic carbocycles. The van der Waals surface area contributed by atoms with Crippen LogP contribution in [0.4, 0.5) is 11.4 Å². The Morgan fingerprint density at radius 3 is 2.27 bits per heavy atom. The van der Waals surface area contributed by atoms with Gasteiger partial charge in [-0.3, -0.25) is 19.7 Å². The number of piperazine rings is 1. The summed E-state index contributed by atoms with van der Waals surface area (Å²) in [6.07, 6.45) is 0. The maximum absolute atomic E-state index is 13.1. The van der Waals surface area contributed by atoms with Crippen LogP contribution >= 0.6 is 11.8 Å². The zero-order valence-electron chi connectivity index (χ0n) is 16.3. The Bertz CT molecular complexity index is 930. The Morgan fingerprint density at radius 2 is 1.63 bits per heavy atom. The predicted molar refractivity (Wildman–Crippen MR) is 116 cm³/mol. The monoisotopic (exact) mass is 426 g/mol. The molecular weight excluding hydrogens is 404 g/mol. The van der Waals surface area contributed by atoms with E-state index in [4.69, 9.17) is 0 Å². The number of thioether (sulfide) groups is 1. The highest BCUT2D eigenvalue weighted by atomic mass is 32.2. The van der Waals surface area contributed by atoms with Gasteiger partial charge >= 0.3 is 0 Å². The lowest BCUT2D eigenvalue weighted by Crippen LogP contribution is -2.55. The number of nitro groups is 1. The summed E-state index contributed by atoms with van der Waals surface area (Å²) in [7, 11) is 0. The van der Waals surface area contributed by atoms with E-state index < -0.39 is 11.0 Å². The van der Waals surface area contributed by atoms with Gasteiger partial charge in [-0.25, -0.2) is 0 Å². The Balaban J connectivity index is 1.37. The molecule has 0 bridgehead atoms. The van der Waals surface area contributed by atoms with Crippen molar-refractivity contribution >= 4 is 35.0 Å². The molecule has 0 saturated carbocycles. The first kappa shape index (κ1) is 20.2. The van der Waals surface area contributed by atoms with Crippen molar-refractivity contribution in [3.63, 3.8) is 0 Å². The van der Waals surface area contributed by atoms with Crippen LogP contribution in [0, 0.1) is 10.1 Å². The first-order valence-corrected chi connectivity index (χ1v) is 10.9. The molecule has 1 atom stereocenters. The summed E-state index contributed by atoms with van der Waals surface area (Å²) in [6.45, 7) is 2.42. The summed E-state index contributed by atoms with van der Waals surface area (Å²) in [5.41, 5.74) is 1.57. The van der Waals surface area contributed by atoms with E-state index in [1.54, 1.807) is 40.9 Å². The van der Waals surface area contributed by atoms with E-state index in [0.717, 1.165) is 5.69 Å². The molecule has 2 aromatic carbocycles. The maximum atomic E-state index is 13.1. The number of nitro benzene ring substituents is 1. The fourth-order valence-corrected chi connectivity index (χ4v) is 4.92. The number of hydrogen-bond acceptors (Lipinski definition) is 6. The van der Waals surface area contributed by atoms with Crippen molar-refractivity contribution < 1.29 is 14.5 Å². The predicted octanol–water partition coefficient (Wildman–Crippen LogP) is 2.46. The topological polar surface area (TPSA) is 87.0 Å². The van der Waals surface area contributed by atoms with E-state index in [1.165, 1.54) is 12.1 Å². The minimum absolute atomic E-state index is 0.00682. The molecule has 2 aliphatic heterocycles. The average Bonchev–Trinajstić information content (AvgIpc) is 3.29. The molecule has 2 heterocycles. The molecule has 156 valence electrons. The van der Waals surface area contributed by atoms with Crippen molar-refractivity contribution in [3.8, 4) is 0 Å². The lowest BCUT2D eigenvalue weighted by molar-refractivity contribution is -0.384. The van der Waals surface area contributed by atoms with Gasteiger partial charge in [0, 0.05) is 55.3 Å². The largest absolute Gasteiger partial charge is 0.368 e. The number of non-ortho nitro benzene ring substituents is 1. The van der Waals surface area contributed by atoms with Crippen molar-refractivity contribution in [1.82, 2.24) is 9.80 Å². The maximum Gasteiger partial charge on any atom is 0.269 e. The van der Waals surface area contributed by atoms with Crippen LogP contribution in [0.15, 0.2) is 54.6 Å². The molecule has 2 fully saturated rings. The van der Waals surface area contributed by atoms with Crippen LogP contribution in [0.3, 0.4) is 0 Å². The Morgan fingerprint density at radius 1 is 0.967 bits per heavy atom. The standard InChI is InChI=1S/C21H22N4O4S/c26-20(16-4-2-1-3-5-16)24-15-30-14-19(24)21(27)23-12-10-22(11-13-23)17-6-8-18(9-7-17)25(28)29/h1-9,19H,10-15H2/t19-/m0/s1. The fourth-order valence-electron chi connectivity index (χ4n) is 3.77. The van der Waals surface area contributed by atoms with Gasteiger partial charge in [-0.15, -0.1) is 11.8 Å². The molecule has 9 heteroatoms. The van der Waals surface area contributed by atoms with Crippen molar-refractivity contribution in [2.45, 2.75) is 6.04 Å². The summed E-state index contributed by atoms with van der Waals surface area (Å²) < 4.78 is 0. The minimum Gasteiger partial charge on any atom is -0.368 e. The fraction of sp³-hybridized carbons (Fsp3) is 0.333. The van der Waals surface area contributed by atoms with Crippen molar-refractivity contribution in [2.75, 3.05) is 42.7 Å². The third-order valence-corrected chi connectivity index (χ3v) is 6.48. The van der Waals surface area contributed by atoms with E-state index in [2.05, 4.69) is 4.90 Å². The molecule has 2 amide bonds. The number of carbonyl (C=O) groups is 2. The van der Waals surface area contributed by atoms with E-state index in [0.29, 0.717) is 43.4 Å². The number of anilines is 1. The summed E-state index contributed by atoms with van der Waals surface area (Å²) in [5.74, 6) is 1.02. The van der Waals surface area contributed by atoms with Gasteiger partial charge in [0.2, 0.25) is 5.91 Å². The van der Waals surface area contributed by atoms with Gasteiger partial charge in [-0.2, -0.15) is 0 Å². The van der Waals surface area contributed by atoms with Crippen LogP contribution < -0.4 is 4.90 Å². The molecule has 2 aliphatic rings. The molecule has 0 N–H and O–H groups in total. The van der Waals surface area contributed by atoms with Crippen LogP contribution in [0.2, 0.25) is 0 Å². The van der Waals surface area contributed by atoms with Crippen LogP contribution in [0.5, 0.6) is 0 Å². The number of amides is 2. The molecule has 0 unspecified atom stereocenters. The number of hydrogen-bond donors (Lipinski definition) is 0. The van der Waals surface area contributed by atoms with Crippen molar-refractivity contribution in [2.24, 2.45) is 0 Å². The summed E-state index contributed by atoms with van der Waals surface area (Å²) in [5, 5.41) is 10.8. The first-order chi connectivity index (χ1) is 14.5. The van der Waals surface area contributed by atoms with E-state index in [-0.39, 0.29) is 17.5 Å². The smallest absolute Gasteiger partial charge is 0.269 e. The molecule has 8 nitrogen and oxygen atoms in total. The van der Waals surface area contributed by atoms with E-state index in [9.17, 15) is 19.7 Å². The van der Waals surface area contributed by atoms with Crippen LogP contribution in [-0.2, 0) is 4.79 Å². The summed E-state index contributed by atoms with van der Waals surface area (Å²) >= 11 is 1.60. The van der Waals surface area contributed by atoms with Gasteiger partial charge in [0.15, 0.2) is 0 Å². The van der Waals surface area contributed by atoms with Crippen LogP contribution in [0.25, 0.3) is 0 Å². The summed E-state index contributed by atoms with van der Waals surface area (Å²) in [6, 6.07) is 15.1. The second kappa shape index (κ2) is 8.74. The van der Waals surface area contributed by atoms with Gasteiger partial charge in [-0.1, -0.05) is 18.2 Å². The number of carbonyl (C=O) groups excluding carboxylic acids is 2. The number of benzene rings is 2. The molecule has 0 aromatic heterocycles. The van der Waals surface area contributed by atoms with Crippen molar-refractivity contribution in [1.29, 1.82) is 0 Å². The second-order valence-electron chi connectivity index (χ2n) is 7.24. The van der Waals surface area contributed by atoms with Crippen LogP contribution in [-0.4, -0.2) is 70.4 Å². The number of rotatable bonds is 4. The third kappa shape index (κ3) is 4.11. The quantitative estimate of drug-likeness (QED) is 0.551. The molecule has 2 aromatic rings. The van der Waals surface area contributed by atoms with Gasteiger partial charge in [-0.05, 0) is 24.3 Å². The van der Waals surface area contributed by atoms with Gasteiger partial charge in [0.25, 0.3) is 11.6 Å². The molecule has 30 heavy (non-hydrogen) atoms. The highest BCUT2D eigenvalue weighted by Crippen LogP contribution is 2.26. The molecule has 0 radical (unpaired) electrons. The lowest BCUT2D eigenvalue weighted by atomic mass is 10.1. The first-order valence-electron chi connectivity index (χ1n) is 9.76. The lowest BCUT2D eigenvalue weighted by Gasteiger charge is -2.38. The third-order valence-electron chi connectivity index (χ3n) is 5.47. The van der Waals surface area contributed by atoms with Gasteiger partial charge in [0.1, 0.15) is 6.04 Å². The van der Waals surface area contributed by atoms with Gasteiger partial charge < -0.3 is 14.7 Å². The minimum atomic E-state index is -0.436. The van der Waals surface area contributed by atoms with Crippen molar-refractivity contribution in [3.05, 3.63) is 70.3 Å². The Hall–Kier alpha value is -3.07.